The zero-order chi connectivity index (χ0) is 11.5. The first kappa shape index (κ1) is 11.9. The number of methoxy groups -OCH3 is 1. The lowest BCUT2D eigenvalue weighted by Gasteiger charge is -2.14. The first-order valence-electron chi connectivity index (χ1n) is 5.41. The molecule has 2 rings (SSSR count). The van der Waals surface area contributed by atoms with E-state index in [1.54, 1.807) is 14.2 Å². The van der Waals surface area contributed by atoms with E-state index in [1.807, 2.05) is 0 Å². The van der Waals surface area contributed by atoms with Crippen LogP contribution in [-0.2, 0) is 24.2 Å². The van der Waals surface area contributed by atoms with Crippen molar-refractivity contribution >= 4 is 15.9 Å². The van der Waals surface area contributed by atoms with E-state index in [0.717, 1.165) is 28.6 Å². The van der Waals surface area contributed by atoms with Gasteiger partial charge in [0.15, 0.2) is 0 Å². The molecule has 4 heteroatoms. The van der Waals surface area contributed by atoms with Crippen LogP contribution in [0.25, 0.3) is 0 Å². The summed E-state index contributed by atoms with van der Waals surface area (Å²) in [7, 11) is 3.33. The first-order valence-corrected chi connectivity index (χ1v) is 6.20. The van der Waals surface area contributed by atoms with E-state index in [-0.39, 0.29) is 0 Å². The van der Waals surface area contributed by atoms with Gasteiger partial charge in [0.2, 0.25) is 0 Å². The summed E-state index contributed by atoms with van der Waals surface area (Å²) in [6.07, 6.45) is 3.54. The molecule has 0 spiro atoms. The monoisotopic (exact) mass is 285 g/mol. The Morgan fingerprint density at radius 3 is 2.88 bits per heavy atom. The molecule has 1 N–H and O–H groups in total. The molecule has 0 amide bonds. The van der Waals surface area contributed by atoms with E-state index in [2.05, 4.69) is 27.5 Å². The Hall–Kier alpha value is -0.580. The number of hydrogen-bond donors (Lipinski definition) is 1. The van der Waals surface area contributed by atoms with Crippen LogP contribution >= 0.6 is 15.9 Å². The Labute approximate surface area is 104 Å². The van der Waals surface area contributed by atoms with Crippen molar-refractivity contribution in [1.82, 2.24) is 5.48 Å². The van der Waals surface area contributed by atoms with E-state index in [4.69, 9.17) is 9.57 Å². The van der Waals surface area contributed by atoms with Crippen molar-refractivity contribution in [1.29, 1.82) is 0 Å². The number of hydrogen-bond acceptors (Lipinski definition) is 3. The Bertz CT molecular complexity index is 393. The average molecular weight is 286 g/mol. The average Bonchev–Trinajstić information content (AvgIpc) is 2.75. The van der Waals surface area contributed by atoms with Gasteiger partial charge >= 0.3 is 0 Å². The standard InChI is InChI=1S/C12H16BrNO2/c1-15-12-9(7-14-16-2)6-8-4-3-5-10(8)11(12)13/h6,14H,3-5,7H2,1-2H3. The summed E-state index contributed by atoms with van der Waals surface area (Å²) in [6.45, 7) is 0.658. The van der Waals surface area contributed by atoms with Crippen molar-refractivity contribution in [2.45, 2.75) is 25.8 Å². The molecule has 0 saturated carbocycles. The maximum Gasteiger partial charge on any atom is 0.137 e. The van der Waals surface area contributed by atoms with E-state index in [0.29, 0.717) is 6.54 Å². The molecule has 3 nitrogen and oxygen atoms in total. The summed E-state index contributed by atoms with van der Waals surface area (Å²) in [5.74, 6) is 0.921. The fourth-order valence-electron chi connectivity index (χ4n) is 2.23. The molecule has 0 fully saturated rings. The minimum atomic E-state index is 0.658. The molecular formula is C12H16BrNO2. The number of ether oxygens (including phenoxy) is 1. The van der Waals surface area contributed by atoms with Gasteiger partial charge in [0.05, 0.1) is 18.7 Å². The lowest BCUT2D eigenvalue weighted by molar-refractivity contribution is 0.0861. The van der Waals surface area contributed by atoms with Crippen LogP contribution in [0.2, 0.25) is 0 Å². The largest absolute Gasteiger partial charge is 0.495 e. The number of nitrogens with one attached hydrogen (secondary N) is 1. The summed E-state index contributed by atoms with van der Waals surface area (Å²) < 4.78 is 6.57. The van der Waals surface area contributed by atoms with Gasteiger partial charge in [-0.3, -0.25) is 0 Å². The van der Waals surface area contributed by atoms with Gasteiger partial charge in [-0.15, -0.1) is 0 Å². The van der Waals surface area contributed by atoms with Gasteiger partial charge in [-0.2, -0.15) is 5.48 Å². The smallest absolute Gasteiger partial charge is 0.137 e. The number of benzene rings is 1. The van der Waals surface area contributed by atoms with E-state index >= 15 is 0 Å². The lowest BCUT2D eigenvalue weighted by Crippen LogP contribution is -2.12. The quantitative estimate of drug-likeness (QED) is 0.863. The number of aryl methyl sites for hydroxylation is 1. The molecule has 0 heterocycles. The van der Waals surface area contributed by atoms with Crippen LogP contribution < -0.4 is 10.2 Å². The summed E-state index contributed by atoms with van der Waals surface area (Å²) in [6, 6.07) is 2.22. The van der Waals surface area contributed by atoms with Crippen LogP contribution in [0.4, 0.5) is 0 Å². The van der Waals surface area contributed by atoms with Crippen molar-refractivity contribution in [2.75, 3.05) is 14.2 Å². The van der Waals surface area contributed by atoms with Crippen molar-refractivity contribution in [3.05, 3.63) is 27.2 Å². The zero-order valence-electron chi connectivity index (χ0n) is 9.60. The fraction of sp³-hybridized carbons (Fsp3) is 0.500. The predicted molar refractivity (Wildman–Crippen MR) is 66.6 cm³/mol. The molecule has 16 heavy (non-hydrogen) atoms. The molecule has 0 atom stereocenters. The molecule has 0 radical (unpaired) electrons. The lowest BCUT2D eigenvalue weighted by atomic mass is 10.1. The summed E-state index contributed by atoms with van der Waals surface area (Å²) in [5, 5.41) is 0. The molecule has 1 aliphatic rings. The van der Waals surface area contributed by atoms with Crippen molar-refractivity contribution in [2.24, 2.45) is 0 Å². The number of hydroxylamine groups is 1. The number of rotatable bonds is 4. The zero-order valence-corrected chi connectivity index (χ0v) is 11.2. The highest BCUT2D eigenvalue weighted by atomic mass is 79.9. The van der Waals surface area contributed by atoms with Crippen LogP contribution in [0, 0.1) is 0 Å². The van der Waals surface area contributed by atoms with Crippen LogP contribution in [0.15, 0.2) is 10.5 Å². The second-order valence-corrected chi connectivity index (χ2v) is 4.69. The van der Waals surface area contributed by atoms with Gasteiger partial charge in [-0.1, -0.05) is 6.07 Å². The third-order valence-corrected chi connectivity index (χ3v) is 3.81. The van der Waals surface area contributed by atoms with Gasteiger partial charge in [0.25, 0.3) is 0 Å². The highest BCUT2D eigenvalue weighted by Gasteiger charge is 2.20. The van der Waals surface area contributed by atoms with Crippen molar-refractivity contribution in [3.8, 4) is 5.75 Å². The number of fused-ring (bicyclic) bond motifs is 1. The predicted octanol–water partition coefficient (Wildman–Crippen LogP) is 2.60. The maximum absolute atomic E-state index is 5.46. The van der Waals surface area contributed by atoms with Crippen LogP contribution in [0.5, 0.6) is 5.75 Å². The minimum absolute atomic E-state index is 0.658. The highest BCUT2D eigenvalue weighted by molar-refractivity contribution is 9.10. The minimum Gasteiger partial charge on any atom is -0.495 e. The van der Waals surface area contributed by atoms with Gasteiger partial charge in [-0.05, 0) is 46.3 Å². The fourth-order valence-corrected chi connectivity index (χ4v) is 3.10. The Morgan fingerprint density at radius 1 is 1.38 bits per heavy atom. The number of halogens is 1. The van der Waals surface area contributed by atoms with Gasteiger partial charge in [0.1, 0.15) is 5.75 Å². The van der Waals surface area contributed by atoms with Crippen LogP contribution in [-0.4, -0.2) is 14.2 Å². The third-order valence-electron chi connectivity index (χ3n) is 2.98. The van der Waals surface area contributed by atoms with Gasteiger partial charge in [-0.25, -0.2) is 0 Å². The second kappa shape index (κ2) is 5.17. The van der Waals surface area contributed by atoms with Crippen molar-refractivity contribution < 1.29 is 9.57 Å². The van der Waals surface area contributed by atoms with Gasteiger partial charge < -0.3 is 9.57 Å². The molecule has 1 aromatic carbocycles. The van der Waals surface area contributed by atoms with E-state index < -0.39 is 0 Å². The Balaban J connectivity index is 2.39. The van der Waals surface area contributed by atoms with Crippen LogP contribution in [0.3, 0.4) is 0 Å². The van der Waals surface area contributed by atoms with Crippen LogP contribution in [0.1, 0.15) is 23.1 Å². The molecule has 0 aromatic heterocycles. The summed E-state index contributed by atoms with van der Waals surface area (Å²) in [5.41, 5.74) is 6.82. The molecule has 88 valence electrons. The maximum atomic E-state index is 5.46. The molecule has 0 saturated heterocycles. The van der Waals surface area contributed by atoms with Gasteiger partial charge in [0, 0.05) is 12.1 Å². The summed E-state index contributed by atoms with van der Waals surface area (Å²) in [4.78, 5) is 4.88. The second-order valence-electron chi connectivity index (χ2n) is 3.90. The summed E-state index contributed by atoms with van der Waals surface area (Å²) >= 11 is 3.64. The highest BCUT2D eigenvalue weighted by Crippen LogP contribution is 2.38. The molecule has 0 unspecified atom stereocenters. The molecular weight excluding hydrogens is 270 g/mol. The SMILES string of the molecule is CONCc1cc2c(c(Br)c1OC)CCC2. The van der Waals surface area contributed by atoms with Crippen molar-refractivity contribution in [3.63, 3.8) is 0 Å². The normalized spacial score (nSPS) is 13.9. The Kier molecular flexibility index (Phi) is 3.84. The molecule has 0 bridgehead atoms. The third kappa shape index (κ3) is 2.10. The first-order chi connectivity index (χ1) is 7.77. The molecule has 1 aliphatic carbocycles. The Morgan fingerprint density at radius 2 is 2.19 bits per heavy atom. The van der Waals surface area contributed by atoms with E-state index in [1.165, 1.54) is 17.5 Å². The molecule has 0 aliphatic heterocycles. The topological polar surface area (TPSA) is 30.5 Å². The van der Waals surface area contributed by atoms with E-state index in [9.17, 15) is 0 Å². The molecule has 1 aromatic rings.